The Morgan fingerprint density at radius 3 is 2.42 bits per heavy atom. The Hall–Kier alpha value is -1.10. The Kier molecular flexibility index (Phi) is 3.37. The quantitative estimate of drug-likeness (QED) is 0.769. The summed E-state index contributed by atoms with van der Waals surface area (Å²) in [4.78, 5) is 26.9. The van der Waals surface area contributed by atoms with Gasteiger partial charge in [-0.3, -0.25) is 9.59 Å². The third kappa shape index (κ3) is 2.48. The number of nitrogens with zero attached hydrogens (tertiary/aromatic N) is 1. The Bertz CT molecular complexity index is 392. The summed E-state index contributed by atoms with van der Waals surface area (Å²) in [5.41, 5.74) is -1.12. The Morgan fingerprint density at radius 1 is 1.32 bits per heavy atom. The second kappa shape index (κ2) is 4.47. The zero-order chi connectivity index (χ0) is 14.4. The lowest BCUT2D eigenvalue weighted by molar-refractivity contribution is -0.161. The second-order valence-corrected chi connectivity index (χ2v) is 7.11. The van der Waals surface area contributed by atoms with Crippen molar-refractivity contribution in [3.05, 3.63) is 0 Å². The summed E-state index contributed by atoms with van der Waals surface area (Å²) in [6, 6.07) is -0.415. The molecule has 1 N–H and O–H groups in total. The molecule has 0 aromatic heterocycles. The third-order valence-electron chi connectivity index (χ3n) is 3.85. The number of hydrogen-bond donors (Lipinski definition) is 1. The summed E-state index contributed by atoms with van der Waals surface area (Å²) >= 11 is 0. The molecule has 0 saturated carbocycles. The fourth-order valence-electron chi connectivity index (χ4n) is 2.92. The SMILES string of the molecule is CC1(C)NC(=O)C(C(C)(C)C)N(C2CCOC2)C1=O. The van der Waals surface area contributed by atoms with Crippen LogP contribution in [0.15, 0.2) is 0 Å². The van der Waals surface area contributed by atoms with Gasteiger partial charge in [0.05, 0.1) is 12.6 Å². The monoisotopic (exact) mass is 268 g/mol. The maximum atomic E-state index is 12.7. The minimum atomic E-state index is -0.832. The zero-order valence-corrected chi connectivity index (χ0v) is 12.4. The van der Waals surface area contributed by atoms with Gasteiger partial charge in [-0.05, 0) is 25.7 Å². The molecule has 0 aliphatic carbocycles. The van der Waals surface area contributed by atoms with Crippen molar-refractivity contribution < 1.29 is 14.3 Å². The minimum Gasteiger partial charge on any atom is -0.379 e. The van der Waals surface area contributed by atoms with Gasteiger partial charge in [0.15, 0.2) is 0 Å². The molecule has 0 aromatic carbocycles. The van der Waals surface area contributed by atoms with Gasteiger partial charge in [-0.2, -0.15) is 0 Å². The van der Waals surface area contributed by atoms with E-state index < -0.39 is 11.6 Å². The van der Waals surface area contributed by atoms with Crippen LogP contribution < -0.4 is 5.32 Å². The van der Waals surface area contributed by atoms with Gasteiger partial charge in [-0.25, -0.2) is 0 Å². The molecule has 2 heterocycles. The van der Waals surface area contributed by atoms with Crippen LogP contribution in [0.2, 0.25) is 0 Å². The van der Waals surface area contributed by atoms with E-state index >= 15 is 0 Å². The largest absolute Gasteiger partial charge is 0.379 e. The lowest BCUT2D eigenvalue weighted by Gasteiger charge is -2.49. The smallest absolute Gasteiger partial charge is 0.248 e. The summed E-state index contributed by atoms with van der Waals surface area (Å²) in [5.74, 6) is -0.0773. The van der Waals surface area contributed by atoms with Crippen molar-refractivity contribution in [1.82, 2.24) is 10.2 Å². The first kappa shape index (κ1) is 14.3. The molecule has 19 heavy (non-hydrogen) atoms. The number of rotatable bonds is 1. The summed E-state index contributed by atoms with van der Waals surface area (Å²) < 4.78 is 5.40. The molecular weight excluding hydrogens is 244 g/mol. The van der Waals surface area contributed by atoms with Crippen LogP contribution in [0.1, 0.15) is 41.0 Å². The Morgan fingerprint density at radius 2 is 1.95 bits per heavy atom. The molecule has 0 spiro atoms. The maximum absolute atomic E-state index is 12.7. The van der Waals surface area contributed by atoms with E-state index in [4.69, 9.17) is 4.74 Å². The van der Waals surface area contributed by atoms with Crippen molar-refractivity contribution in [2.45, 2.75) is 58.7 Å². The number of carbonyl (C=O) groups excluding carboxylic acids is 2. The van der Waals surface area contributed by atoms with Crippen LogP contribution in [0.25, 0.3) is 0 Å². The van der Waals surface area contributed by atoms with Crippen molar-refractivity contribution in [2.24, 2.45) is 5.41 Å². The van der Waals surface area contributed by atoms with Crippen molar-refractivity contribution in [3.8, 4) is 0 Å². The number of ether oxygens (including phenoxy) is 1. The van der Waals surface area contributed by atoms with Crippen LogP contribution in [0.5, 0.6) is 0 Å². The van der Waals surface area contributed by atoms with E-state index in [-0.39, 0.29) is 23.3 Å². The third-order valence-corrected chi connectivity index (χ3v) is 3.85. The van der Waals surface area contributed by atoms with Gasteiger partial charge in [0, 0.05) is 6.61 Å². The predicted molar refractivity (Wildman–Crippen MR) is 71.5 cm³/mol. The molecule has 0 aromatic rings. The van der Waals surface area contributed by atoms with Gasteiger partial charge in [-0.15, -0.1) is 0 Å². The second-order valence-electron chi connectivity index (χ2n) is 7.11. The molecule has 2 saturated heterocycles. The van der Waals surface area contributed by atoms with E-state index in [1.54, 1.807) is 18.7 Å². The fourth-order valence-corrected chi connectivity index (χ4v) is 2.92. The number of carbonyl (C=O) groups is 2. The average molecular weight is 268 g/mol. The van der Waals surface area contributed by atoms with Crippen LogP contribution in [0.3, 0.4) is 0 Å². The van der Waals surface area contributed by atoms with Crippen LogP contribution in [-0.4, -0.2) is 47.6 Å². The summed E-state index contributed by atoms with van der Waals surface area (Å²) in [6.07, 6.45) is 0.807. The number of amides is 2. The average Bonchev–Trinajstić information content (AvgIpc) is 2.73. The van der Waals surface area contributed by atoms with E-state index in [1.807, 2.05) is 20.8 Å². The van der Waals surface area contributed by atoms with Crippen molar-refractivity contribution in [3.63, 3.8) is 0 Å². The highest BCUT2D eigenvalue weighted by atomic mass is 16.5. The molecular formula is C14H24N2O3. The molecule has 2 aliphatic heterocycles. The van der Waals surface area contributed by atoms with Crippen molar-refractivity contribution >= 4 is 11.8 Å². The van der Waals surface area contributed by atoms with Gasteiger partial charge >= 0.3 is 0 Å². The van der Waals surface area contributed by atoms with E-state index in [1.165, 1.54) is 0 Å². The highest BCUT2D eigenvalue weighted by Gasteiger charge is 2.52. The number of piperazine rings is 1. The highest BCUT2D eigenvalue weighted by Crippen LogP contribution is 2.33. The standard InChI is InChI=1S/C14H24N2O3/c1-13(2,3)10-11(17)15-14(4,5)12(18)16(10)9-6-7-19-8-9/h9-10H,6-8H2,1-5H3,(H,15,17). The predicted octanol–water partition coefficient (Wildman–Crippen LogP) is 0.927. The maximum Gasteiger partial charge on any atom is 0.248 e. The van der Waals surface area contributed by atoms with Gasteiger partial charge in [0.2, 0.25) is 11.8 Å². The first-order chi connectivity index (χ1) is 8.64. The minimum absolute atomic E-state index is 0.0116. The van der Waals surface area contributed by atoms with Gasteiger partial charge < -0.3 is 15.0 Å². The van der Waals surface area contributed by atoms with Crippen LogP contribution in [-0.2, 0) is 14.3 Å². The van der Waals surface area contributed by atoms with Crippen molar-refractivity contribution in [2.75, 3.05) is 13.2 Å². The van der Waals surface area contributed by atoms with Crippen LogP contribution in [0, 0.1) is 5.41 Å². The zero-order valence-electron chi connectivity index (χ0n) is 12.4. The molecule has 2 amide bonds. The summed E-state index contributed by atoms with van der Waals surface area (Å²) in [7, 11) is 0. The first-order valence-electron chi connectivity index (χ1n) is 6.87. The molecule has 2 aliphatic rings. The topological polar surface area (TPSA) is 58.6 Å². The van der Waals surface area contributed by atoms with Gasteiger partial charge in [0.25, 0.3) is 0 Å². The van der Waals surface area contributed by atoms with Crippen LogP contribution >= 0.6 is 0 Å². The normalized spacial score (nSPS) is 31.5. The Balaban J connectivity index is 2.39. The molecule has 5 nitrogen and oxygen atoms in total. The number of hydrogen-bond acceptors (Lipinski definition) is 3. The molecule has 0 bridgehead atoms. The van der Waals surface area contributed by atoms with Crippen LogP contribution in [0.4, 0.5) is 0 Å². The van der Waals surface area contributed by atoms with E-state index in [2.05, 4.69) is 5.32 Å². The van der Waals surface area contributed by atoms with E-state index in [0.29, 0.717) is 13.2 Å². The molecule has 2 fully saturated rings. The first-order valence-corrected chi connectivity index (χ1v) is 6.87. The molecule has 108 valence electrons. The lowest BCUT2D eigenvalue weighted by atomic mass is 9.80. The van der Waals surface area contributed by atoms with Crippen molar-refractivity contribution in [1.29, 1.82) is 0 Å². The molecule has 2 atom stereocenters. The molecule has 0 radical (unpaired) electrons. The fraction of sp³-hybridized carbons (Fsp3) is 0.857. The number of nitrogens with one attached hydrogen (secondary N) is 1. The van der Waals surface area contributed by atoms with E-state index in [0.717, 1.165) is 6.42 Å². The summed E-state index contributed by atoms with van der Waals surface area (Å²) in [5, 5.41) is 2.84. The van der Waals surface area contributed by atoms with Gasteiger partial charge in [-0.1, -0.05) is 20.8 Å². The molecule has 5 heteroatoms. The van der Waals surface area contributed by atoms with E-state index in [9.17, 15) is 9.59 Å². The lowest BCUT2D eigenvalue weighted by Crippen LogP contribution is -2.72. The molecule has 2 unspecified atom stereocenters. The summed E-state index contributed by atoms with van der Waals surface area (Å²) in [6.45, 7) is 10.7. The highest BCUT2D eigenvalue weighted by molar-refractivity contribution is 5.99. The Labute approximate surface area is 114 Å². The molecule has 2 rings (SSSR count). The van der Waals surface area contributed by atoms with Gasteiger partial charge in [0.1, 0.15) is 11.6 Å².